The van der Waals surface area contributed by atoms with Gasteiger partial charge in [0, 0.05) is 10.0 Å². The van der Waals surface area contributed by atoms with Crippen molar-refractivity contribution in [2.45, 2.75) is 19.4 Å². The van der Waals surface area contributed by atoms with Crippen LogP contribution in [-0.2, 0) is 20.9 Å². The maximum Gasteiger partial charge on any atom is 0.240 e. The Bertz CT molecular complexity index is 922. The normalized spacial score (nSPS) is 21.1. The van der Waals surface area contributed by atoms with Crippen LogP contribution in [-0.4, -0.2) is 29.2 Å². The number of imide groups is 1. The Morgan fingerprint density at radius 3 is 2.32 bits per heavy atom. The van der Waals surface area contributed by atoms with E-state index in [0.717, 1.165) is 14.9 Å². The first kappa shape index (κ1) is 18.7. The van der Waals surface area contributed by atoms with E-state index in [1.165, 1.54) is 0 Å². The number of furan rings is 1. The van der Waals surface area contributed by atoms with Gasteiger partial charge in [-0.15, -0.1) is 0 Å². The highest BCUT2D eigenvalue weighted by molar-refractivity contribution is 9.10. The van der Waals surface area contributed by atoms with E-state index in [-0.39, 0.29) is 42.6 Å². The molecule has 1 fully saturated rings. The van der Waals surface area contributed by atoms with E-state index in [0.29, 0.717) is 24.4 Å². The summed E-state index contributed by atoms with van der Waals surface area (Å²) in [6, 6.07) is 11.4. The molecule has 1 aliphatic heterocycles. The Labute approximate surface area is 170 Å². The van der Waals surface area contributed by atoms with Crippen molar-refractivity contribution in [3.63, 3.8) is 0 Å². The van der Waals surface area contributed by atoms with Gasteiger partial charge in [-0.2, -0.15) is 0 Å². The molecular formula is C21H19BrN2O4. The van der Waals surface area contributed by atoms with E-state index in [2.05, 4.69) is 21.2 Å². The molecule has 0 unspecified atom stereocenters. The number of likely N-dealkylation sites (tertiary alicyclic amines) is 1. The second kappa shape index (κ2) is 7.75. The summed E-state index contributed by atoms with van der Waals surface area (Å²) in [5.41, 5.74) is 0.935. The Kier molecular flexibility index (Phi) is 5.17. The first-order valence-electron chi connectivity index (χ1n) is 9.14. The van der Waals surface area contributed by atoms with E-state index in [1.54, 1.807) is 6.07 Å². The third-order valence-electron chi connectivity index (χ3n) is 5.15. The van der Waals surface area contributed by atoms with Crippen molar-refractivity contribution in [1.29, 1.82) is 0 Å². The second-order valence-corrected chi connectivity index (χ2v) is 7.88. The average Bonchev–Trinajstić information content (AvgIpc) is 3.27. The molecule has 1 aliphatic carbocycles. The minimum atomic E-state index is -0.380. The average molecular weight is 443 g/mol. The zero-order valence-electron chi connectivity index (χ0n) is 15.1. The molecule has 144 valence electrons. The van der Waals surface area contributed by atoms with Gasteiger partial charge < -0.3 is 9.73 Å². The number of amides is 3. The van der Waals surface area contributed by atoms with Gasteiger partial charge in [-0.25, -0.2) is 0 Å². The second-order valence-electron chi connectivity index (χ2n) is 6.97. The van der Waals surface area contributed by atoms with Gasteiger partial charge in [0.1, 0.15) is 18.1 Å². The first-order chi connectivity index (χ1) is 13.5. The number of nitrogens with one attached hydrogen (secondary N) is 1. The molecule has 28 heavy (non-hydrogen) atoms. The van der Waals surface area contributed by atoms with Gasteiger partial charge in [-0.1, -0.05) is 40.2 Å². The van der Waals surface area contributed by atoms with Gasteiger partial charge in [-0.3, -0.25) is 19.3 Å². The van der Waals surface area contributed by atoms with Crippen molar-refractivity contribution in [1.82, 2.24) is 10.2 Å². The van der Waals surface area contributed by atoms with Crippen LogP contribution in [0.5, 0.6) is 0 Å². The lowest BCUT2D eigenvalue weighted by Gasteiger charge is -2.14. The SMILES string of the molecule is O=C(CN1C(=O)[C@@H]2CC=CC[C@H]2C1=O)NCc1ccc(-c2ccc(Br)cc2)o1. The van der Waals surface area contributed by atoms with Crippen LogP contribution in [0.2, 0.25) is 0 Å². The minimum Gasteiger partial charge on any atom is -0.459 e. The molecule has 6 nitrogen and oxygen atoms in total. The molecule has 7 heteroatoms. The fourth-order valence-electron chi connectivity index (χ4n) is 3.65. The molecule has 0 spiro atoms. The summed E-state index contributed by atoms with van der Waals surface area (Å²) >= 11 is 3.39. The van der Waals surface area contributed by atoms with Crippen molar-refractivity contribution in [3.8, 4) is 11.3 Å². The van der Waals surface area contributed by atoms with Gasteiger partial charge in [0.2, 0.25) is 17.7 Å². The van der Waals surface area contributed by atoms with Crippen molar-refractivity contribution in [3.05, 3.63) is 58.8 Å². The summed E-state index contributed by atoms with van der Waals surface area (Å²) in [6.07, 6.45) is 4.99. The smallest absolute Gasteiger partial charge is 0.240 e. The molecular weight excluding hydrogens is 424 g/mol. The van der Waals surface area contributed by atoms with Crippen LogP contribution in [0.15, 0.2) is 57.4 Å². The zero-order valence-corrected chi connectivity index (χ0v) is 16.6. The maximum absolute atomic E-state index is 12.4. The van der Waals surface area contributed by atoms with E-state index in [9.17, 15) is 14.4 Å². The molecule has 2 heterocycles. The Hall–Kier alpha value is -2.67. The summed E-state index contributed by atoms with van der Waals surface area (Å²) in [5, 5.41) is 2.72. The van der Waals surface area contributed by atoms with Crippen LogP contribution in [0, 0.1) is 11.8 Å². The van der Waals surface area contributed by atoms with Crippen molar-refractivity contribution >= 4 is 33.7 Å². The Morgan fingerprint density at radius 1 is 1.04 bits per heavy atom. The molecule has 1 N–H and O–H groups in total. The van der Waals surface area contributed by atoms with Gasteiger partial charge in [0.25, 0.3) is 0 Å². The minimum absolute atomic E-state index is 0.194. The monoisotopic (exact) mass is 442 g/mol. The number of allylic oxidation sites excluding steroid dienone is 2. The predicted molar refractivity (Wildman–Crippen MR) is 106 cm³/mol. The number of carbonyl (C=O) groups is 3. The van der Waals surface area contributed by atoms with Crippen LogP contribution in [0.3, 0.4) is 0 Å². The molecule has 0 saturated carbocycles. The molecule has 4 rings (SSSR count). The highest BCUT2D eigenvalue weighted by atomic mass is 79.9. The number of hydrogen-bond donors (Lipinski definition) is 1. The first-order valence-corrected chi connectivity index (χ1v) is 9.94. The van der Waals surface area contributed by atoms with Gasteiger partial charge >= 0.3 is 0 Å². The number of hydrogen-bond acceptors (Lipinski definition) is 4. The number of rotatable bonds is 5. The zero-order chi connectivity index (χ0) is 19.7. The van der Waals surface area contributed by atoms with Crippen molar-refractivity contribution in [2.24, 2.45) is 11.8 Å². The van der Waals surface area contributed by atoms with Crippen LogP contribution in [0.1, 0.15) is 18.6 Å². The van der Waals surface area contributed by atoms with Crippen LogP contribution in [0.25, 0.3) is 11.3 Å². The third-order valence-corrected chi connectivity index (χ3v) is 5.68. The third kappa shape index (κ3) is 3.67. The van der Waals surface area contributed by atoms with Gasteiger partial charge in [-0.05, 0) is 37.1 Å². The molecule has 1 aromatic carbocycles. The van der Waals surface area contributed by atoms with Crippen molar-refractivity contribution < 1.29 is 18.8 Å². The fourth-order valence-corrected chi connectivity index (χ4v) is 3.92. The lowest BCUT2D eigenvalue weighted by atomic mass is 9.85. The molecule has 1 aromatic heterocycles. The highest BCUT2D eigenvalue weighted by Crippen LogP contribution is 2.34. The lowest BCUT2D eigenvalue weighted by molar-refractivity contribution is -0.143. The molecule has 2 atom stereocenters. The van der Waals surface area contributed by atoms with Crippen LogP contribution in [0.4, 0.5) is 0 Å². The quantitative estimate of drug-likeness (QED) is 0.569. The summed E-state index contributed by atoms with van der Waals surface area (Å²) in [6.45, 7) is -0.0507. The van der Waals surface area contributed by atoms with Gasteiger partial charge in [0.05, 0.1) is 18.4 Å². The van der Waals surface area contributed by atoms with E-state index in [1.807, 2.05) is 42.5 Å². The topological polar surface area (TPSA) is 79.6 Å². The number of benzene rings is 1. The molecule has 0 bridgehead atoms. The molecule has 1 saturated heterocycles. The number of nitrogens with zero attached hydrogens (tertiary/aromatic N) is 1. The molecule has 0 radical (unpaired) electrons. The molecule has 2 aliphatic rings. The van der Waals surface area contributed by atoms with E-state index < -0.39 is 0 Å². The van der Waals surface area contributed by atoms with E-state index in [4.69, 9.17) is 4.42 Å². The van der Waals surface area contributed by atoms with Crippen LogP contribution >= 0.6 is 15.9 Å². The largest absolute Gasteiger partial charge is 0.459 e. The van der Waals surface area contributed by atoms with Gasteiger partial charge in [0.15, 0.2) is 0 Å². The molecule has 2 aromatic rings. The summed E-state index contributed by atoms with van der Waals surface area (Å²) in [4.78, 5) is 38.2. The van der Waals surface area contributed by atoms with Crippen molar-refractivity contribution in [2.75, 3.05) is 6.54 Å². The maximum atomic E-state index is 12.4. The fraction of sp³-hybridized carbons (Fsp3) is 0.286. The molecule has 3 amide bonds. The highest BCUT2D eigenvalue weighted by Gasteiger charge is 2.47. The summed E-state index contributed by atoms with van der Waals surface area (Å²) in [7, 11) is 0. The number of fused-ring (bicyclic) bond motifs is 1. The lowest BCUT2D eigenvalue weighted by Crippen LogP contribution is -2.40. The number of carbonyl (C=O) groups excluding carboxylic acids is 3. The standard InChI is InChI=1S/C21H19BrN2O4/c22-14-7-5-13(6-8-14)18-10-9-15(28-18)11-23-19(25)12-24-20(26)16-3-1-2-4-17(16)21(24)27/h1-2,5-10,16-17H,3-4,11-12H2,(H,23,25)/t16-,17-/m1/s1. The number of halogens is 1. The van der Waals surface area contributed by atoms with E-state index >= 15 is 0 Å². The predicted octanol–water partition coefficient (Wildman–Crippen LogP) is 3.28. The summed E-state index contributed by atoms with van der Waals surface area (Å²) < 4.78 is 6.75. The Morgan fingerprint density at radius 2 is 1.68 bits per heavy atom. The van der Waals surface area contributed by atoms with Crippen LogP contribution < -0.4 is 5.32 Å². The summed E-state index contributed by atoms with van der Waals surface area (Å²) in [5.74, 6) is -0.195. The Balaban J connectivity index is 1.33.